The molecule has 0 atom stereocenters. The van der Waals surface area contributed by atoms with E-state index in [9.17, 15) is 9.30 Å². The van der Waals surface area contributed by atoms with Gasteiger partial charge >= 0.3 is 0 Å². The highest BCUT2D eigenvalue weighted by atomic mass is 19.1. The van der Waals surface area contributed by atoms with Gasteiger partial charge < -0.3 is 14.2 Å². The monoisotopic (exact) mass is 431 g/mol. The predicted molar refractivity (Wildman–Crippen MR) is 126 cm³/mol. The molecule has 0 aliphatic heterocycles. The van der Waals surface area contributed by atoms with E-state index in [-0.39, 0.29) is 12.5 Å². The van der Waals surface area contributed by atoms with Crippen molar-refractivity contribution in [1.82, 2.24) is 0 Å². The van der Waals surface area contributed by atoms with Crippen LogP contribution >= 0.6 is 0 Å². The molecule has 170 valence electrons. The molecule has 6 heteroatoms. The Kier molecular flexibility index (Phi) is 14.1. The number of hydrogen-bond donors (Lipinski definition) is 0. The minimum Gasteiger partial charge on any atom is -0.490 e. The minimum absolute atomic E-state index is 0.108. The van der Waals surface area contributed by atoms with Crippen LogP contribution in [-0.2, 0) is 0 Å². The topological polar surface area (TPSA) is 57.1 Å². The summed E-state index contributed by atoms with van der Waals surface area (Å²) in [6, 6.07) is 8.19. The highest BCUT2D eigenvalue weighted by Crippen LogP contribution is 2.35. The van der Waals surface area contributed by atoms with E-state index in [1.165, 1.54) is 6.07 Å². The van der Waals surface area contributed by atoms with Gasteiger partial charge in [0, 0.05) is 5.56 Å². The average Bonchev–Trinajstić information content (AvgIpc) is 2.78. The number of halogens is 1. The third-order valence-corrected chi connectivity index (χ3v) is 3.71. The second kappa shape index (κ2) is 15.7. The number of ether oxygens (including phenoxy) is 3. The van der Waals surface area contributed by atoms with Crippen molar-refractivity contribution in [3.8, 4) is 17.2 Å². The molecule has 0 heterocycles. The van der Waals surface area contributed by atoms with Gasteiger partial charge in [-0.3, -0.25) is 0 Å². The van der Waals surface area contributed by atoms with Crippen LogP contribution in [0, 0.1) is 24.6 Å². The van der Waals surface area contributed by atoms with E-state index in [2.05, 4.69) is 11.8 Å². The maximum absolute atomic E-state index is 14.2. The maximum atomic E-state index is 14.2. The van der Waals surface area contributed by atoms with E-state index in [0.29, 0.717) is 29.4 Å². The molecule has 0 unspecified atom stereocenters. The molecule has 31 heavy (non-hydrogen) atoms. The Bertz CT molecular complexity index is 863. The first-order valence-electron chi connectivity index (χ1n) is 10.5. The first kappa shape index (κ1) is 27.8. The molecule has 0 amide bonds. The van der Waals surface area contributed by atoms with Crippen LogP contribution in [0.2, 0.25) is 0 Å². The van der Waals surface area contributed by atoms with Crippen LogP contribution in [-0.4, -0.2) is 13.3 Å². The first-order valence-corrected chi connectivity index (χ1v) is 10.5. The second-order valence-electron chi connectivity index (χ2n) is 5.75. The van der Waals surface area contributed by atoms with E-state index in [1.807, 2.05) is 41.5 Å². The number of hydrogen-bond acceptors (Lipinski definition) is 5. The standard InChI is InChI=1S/C21H22FNO4.2C2H6/c1-5-7-18(27-19-9-8-14(3)10-17(19)22)16-12-21(25-6-2)20(11-15(16)4)26-13-23-24;2*1-2/h5,7-12H,1,6,13H2,2-4H3;2*1-2H3/b18-7+;;. The third kappa shape index (κ3) is 8.62. The zero-order chi connectivity index (χ0) is 23.8. The zero-order valence-corrected chi connectivity index (χ0v) is 19.6. The molecule has 0 fully saturated rings. The molecular weight excluding hydrogens is 397 g/mol. The van der Waals surface area contributed by atoms with Crippen molar-refractivity contribution in [1.29, 1.82) is 0 Å². The fraction of sp³-hybridized carbons (Fsp3) is 0.360. The molecule has 0 spiro atoms. The molecule has 0 N–H and O–H groups in total. The fourth-order valence-corrected chi connectivity index (χ4v) is 2.50. The molecule has 0 aromatic heterocycles. The summed E-state index contributed by atoms with van der Waals surface area (Å²) in [5, 5.41) is 2.70. The molecule has 2 aromatic carbocycles. The third-order valence-electron chi connectivity index (χ3n) is 3.71. The SMILES string of the molecule is C=C/C=C(/Oc1ccc(C)cc1F)c1cc(OCC)c(OCN=O)cc1C.CC.CC. The van der Waals surface area contributed by atoms with Crippen LogP contribution < -0.4 is 14.2 Å². The van der Waals surface area contributed by atoms with E-state index in [4.69, 9.17) is 14.2 Å². The molecule has 0 radical (unpaired) electrons. The van der Waals surface area contributed by atoms with Crippen molar-refractivity contribution in [3.05, 3.63) is 76.5 Å². The van der Waals surface area contributed by atoms with Crippen molar-refractivity contribution < 1.29 is 18.6 Å². The lowest BCUT2D eigenvalue weighted by molar-refractivity contribution is 0.282. The van der Waals surface area contributed by atoms with E-state index in [0.717, 1.165) is 11.1 Å². The fourth-order valence-electron chi connectivity index (χ4n) is 2.50. The Morgan fingerprint density at radius 2 is 1.68 bits per heavy atom. The van der Waals surface area contributed by atoms with Gasteiger partial charge in [-0.15, -0.1) is 4.91 Å². The number of rotatable bonds is 9. The van der Waals surface area contributed by atoms with Crippen LogP contribution in [0.15, 0.2) is 54.2 Å². The van der Waals surface area contributed by atoms with Crippen LogP contribution in [0.3, 0.4) is 0 Å². The first-order chi connectivity index (χ1) is 15.0. The van der Waals surface area contributed by atoms with E-state index >= 15 is 0 Å². The zero-order valence-electron chi connectivity index (χ0n) is 19.6. The summed E-state index contributed by atoms with van der Waals surface area (Å²) in [5.41, 5.74) is 2.28. The van der Waals surface area contributed by atoms with Gasteiger partial charge in [0.2, 0.25) is 6.73 Å². The van der Waals surface area contributed by atoms with Crippen LogP contribution in [0.25, 0.3) is 5.76 Å². The van der Waals surface area contributed by atoms with Gasteiger partial charge in [-0.2, -0.15) is 0 Å². The number of benzene rings is 2. The quantitative estimate of drug-likeness (QED) is 0.233. The van der Waals surface area contributed by atoms with Gasteiger partial charge in [0.1, 0.15) is 5.76 Å². The lowest BCUT2D eigenvalue weighted by Gasteiger charge is -2.17. The molecule has 5 nitrogen and oxygen atoms in total. The molecule has 0 bridgehead atoms. The van der Waals surface area contributed by atoms with Crippen molar-refractivity contribution in [2.45, 2.75) is 48.5 Å². The summed E-state index contributed by atoms with van der Waals surface area (Å²) in [6.07, 6.45) is 3.20. The van der Waals surface area contributed by atoms with Gasteiger partial charge in [-0.25, -0.2) is 4.39 Å². The van der Waals surface area contributed by atoms with Gasteiger partial charge in [0.15, 0.2) is 23.1 Å². The van der Waals surface area contributed by atoms with Crippen LogP contribution in [0.5, 0.6) is 17.2 Å². The van der Waals surface area contributed by atoms with Crippen molar-refractivity contribution >= 4 is 5.76 Å². The average molecular weight is 432 g/mol. The second-order valence-corrected chi connectivity index (χ2v) is 5.75. The molecule has 2 aromatic rings. The normalized spacial score (nSPS) is 10.0. The highest BCUT2D eigenvalue weighted by Gasteiger charge is 2.16. The van der Waals surface area contributed by atoms with Gasteiger partial charge in [0.05, 0.1) is 6.61 Å². The van der Waals surface area contributed by atoms with Crippen LogP contribution in [0.4, 0.5) is 4.39 Å². The molecular formula is C25H34FNO4. The van der Waals surface area contributed by atoms with Gasteiger partial charge in [-0.1, -0.05) is 46.4 Å². The summed E-state index contributed by atoms with van der Waals surface area (Å²) in [6.45, 7) is 17.3. The maximum Gasteiger partial charge on any atom is 0.219 e. The number of allylic oxidation sites excluding steroid dienone is 2. The summed E-state index contributed by atoms with van der Waals surface area (Å²) in [5.74, 6) is 0.898. The Morgan fingerprint density at radius 3 is 2.23 bits per heavy atom. The van der Waals surface area contributed by atoms with Crippen molar-refractivity contribution in [2.75, 3.05) is 13.3 Å². The van der Waals surface area contributed by atoms with Crippen molar-refractivity contribution in [3.63, 3.8) is 0 Å². The smallest absolute Gasteiger partial charge is 0.219 e. The lowest BCUT2D eigenvalue weighted by Crippen LogP contribution is -2.04. The van der Waals surface area contributed by atoms with Crippen molar-refractivity contribution in [2.24, 2.45) is 5.18 Å². The van der Waals surface area contributed by atoms with Crippen LogP contribution in [0.1, 0.15) is 51.3 Å². The molecule has 0 saturated carbocycles. The summed E-state index contributed by atoms with van der Waals surface area (Å²) in [7, 11) is 0. The van der Waals surface area contributed by atoms with Gasteiger partial charge in [-0.05, 0) is 67.4 Å². The molecule has 0 aliphatic carbocycles. The molecule has 0 saturated heterocycles. The molecule has 0 aliphatic rings. The lowest BCUT2D eigenvalue weighted by atomic mass is 10.0. The largest absolute Gasteiger partial charge is 0.490 e. The van der Waals surface area contributed by atoms with E-state index in [1.54, 1.807) is 43.3 Å². The number of nitroso groups, excluding NO2 is 1. The summed E-state index contributed by atoms with van der Waals surface area (Å²) < 4.78 is 30.9. The van der Waals surface area contributed by atoms with Gasteiger partial charge in [0.25, 0.3) is 0 Å². The Balaban J connectivity index is 0.00000212. The predicted octanol–water partition coefficient (Wildman–Crippen LogP) is 7.60. The minimum atomic E-state index is -0.454. The highest BCUT2D eigenvalue weighted by molar-refractivity contribution is 5.69. The Labute approximate surface area is 185 Å². The summed E-state index contributed by atoms with van der Waals surface area (Å²) >= 11 is 0. The van der Waals surface area contributed by atoms with E-state index < -0.39 is 5.82 Å². The number of aryl methyl sites for hydroxylation is 2. The molecule has 2 rings (SSSR count). The Hall–Kier alpha value is -3.15. The number of nitrogens with zero attached hydrogens (tertiary/aromatic N) is 1. The Morgan fingerprint density at radius 1 is 1.03 bits per heavy atom. The summed E-state index contributed by atoms with van der Waals surface area (Å²) in [4.78, 5) is 10.4.